The van der Waals surface area contributed by atoms with Crippen molar-refractivity contribution in [2.45, 2.75) is 167 Å². The van der Waals surface area contributed by atoms with Crippen LogP contribution in [-0.4, -0.2) is 68.5 Å². The molecule has 8 nitrogen and oxygen atoms in total. The lowest BCUT2D eigenvalue weighted by Crippen LogP contribution is -2.45. The first kappa shape index (κ1) is 53.7. The summed E-state index contributed by atoms with van der Waals surface area (Å²) in [6.07, 6.45) is 52.1. The number of nitrogens with zero attached hydrogens (tertiary/aromatic N) is 1. The van der Waals surface area contributed by atoms with Gasteiger partial charge < -0.3 is 28.8 Å². The second-order valence-corrected chi connectivity index (χ2v) is 17.1. The third-order valence-corrected chi connectivity index (χ3v) is 10.1. The summed E-state index contributed by atoms with van der Waals surface area (Å²) in [5.41, 5.74) is 0. The number of allylic oxidation sites excluding steroid dienone is 13. The molecular weight excluding hydrogens is 719 g/mol. The minimum absolute atomic E-state index is 0.0190. The van der Waals surface area contributed by atoms with Gasteiger partial charge in [-0.05, 0) is 57.8 Å². The van der Waals surface area contributed by atoms with Gasteiger partial charge in [0, 0.05) is 6.42 Å². The van der Waals surface area contributed by atoms with Crippen molar-refractivity contribution in [1.29, 1.82) is 0 Å². The number of phosphoric ester groups is 1. The standard InChI is InChI=1S/C47H83N2O6P/c1-6-8-10-12-14-16-18-20-22-23-24-25-27-29-31-33-35-37-39-41-47(51)48-45(44-55-56(52,53)54-43-42-49(3,4)5)46(50)40-38-36-34-32-30-28-26-21-19-17-15-13-11-9-7-2/h8,10,14,16,20,22,24-25,29,31,35,37-38,40,45-46,50H,6-7,9,11-13,15,17-19,21,23,26-28,30,32-34,36,39,41-44H2,1-5H3,(H-,48,51,52,53)/b10-8-,16-14-,22-20-,25-24-,31-29-,37-35-,40-38+. The van der Waals surface area contributed by atoms with E-state index in [1.54, 1.807) is 6.08 Å². The first-order valence-electron chi connectivity index (χ1n) is 21.9. The molecule has 3 unspecified atom stereocenters. The van der Waals surface area contributed by atoms with Crippen molar-refractivity contribution < 1.29 is 32.9 Å². The molecule has 0 aromatic rings. The van der Waals surface area contributed by atoms with Gasteiger partial charge in [-0.2, -0.15) is 0 Å². The van der Waals surface area contributed by atoms with Crippen LogP contribution in [0.1, 0.15) is 155 Å². The van der Waals surface area contributed by atoms with Gasteiger partial charge in [-0.25, -0.2) is 0 Å². The van der Waals surface area contributed by atoms with E-state index in [2.05, 4.69) is 79.9 Å². The van der Waals surface area contributed by atoms with Gasteiger partial charge in [0.25, 0.3) is 7.82 Å². The van der Waals surface area contributed by atoms with Gasteiger partial charge in [0.2, 0.25) is 5.91 Å². The fourth-order valence-electron chi connectivity index (χ4n) is 5.64. The topological polar surface area (TPSA) is 108 Å². The van der Waals surface area contributed by atoms with Gasteiger partial charge in [0.1, 0.15) is 13.2 Å². The summed E-state index contributed by atoms with van der Waals surface area (Å²) < 4.78 is 23.1. The van der Waals surface area contributed by atoms with Gasteiger partial charge in [-0.1, -0.05) is 176 Å². The maximum absolute atomic E-state index is 12.8. The average Bonchev–Trinajstić information content (AvgIpc) is 3.15. The number of phosphoric acid groups is 1. The van der Waals surface area contributed by atoms with Gasteiger partial charge in [-0.15, -0.1) is 0 Å². The Kier molecular flexibility index (Phi) is 36.6. The van der Waals surface area contributed by atoms with E-state index in [1.165, 1.54) is 70.6 Å². The summed E-state index contributed by atoms with van der Waals surface area (Å²) in [4.78, 5) is 25.2. The van der Waals surface area contributed by atoms with Crippen LogP contribution in [0.5, 0.6) is 0 Å². The molecule has 0 radical (unpaired) electrons. The molecular formula is C47H83N2O6P. The van der Waals surface area contributed by atoms with E-state index in [9.17, 15) is 19.4 Å². The second kappa shape index (κ2) is 38.2. The van der Waals surface area contributed by atoms with Crippen molar-refractivity contribution >= 4 is 13.7 Å². The van der Waals surface area contributed by atoms with Crippen LogP contribution in [0.2, 0.25) is 0 Å². The Labute approximate surface area is 344 Å². The van der Waals surface area contributed by atoms with E-state index >= 15 is 0 Å². The molecule has 322 valence electrons. The van der Waals surface area contributed by atoms with Gasteiger partial charge in [0.05, 0.1) is 39.9 Å². The van der Waals surface area contributed by atoms with Crippen molar-refractivity contribution in [1.82, 2.24) is 5.32 Å². The van der Waals surface area contributed by atoms with E-state index in [0.29, 0.717) is 17.4 Å². The van der Waals surface area contributed by atoms with E-state index in [4.69, 9.17) is 9.05 Å². The number of likely N-dealkylation sites (N-methyl/N-ethyl adjacent to an activating group) is 1. The molecule has 0 aromatic heterocycles. The monoisotopic (exact) mass is 803 g/mol. The van der Waals surface area contributed by atoms with Crippen molar-refractivity contribution in [2.24, 2.45) is 0 Å². The summed E-state index contributed by atoms with van der Waals surface area (Å²) in [5.74, 6) is -0.284. The molecule has 0 spiro atoms. The van der Waals surface area contributed by atoms with Crippen LogP contribution in [0.25, 0.3) is 0 Å². The Morgan fingerprint density at radius 1 is 0.643 bits per heavy atom. The fourth-order valence-corrected chi connectivity index (χ4v) is 6.37. The quantitative estimate of drug-likeness (QED) is 0.0279. The van der Waals surface area contributed by atoms with Crippen LogP contribution < -0.4 is 10.2 Å². The number of amides is 1. The molecule has 1 amide bonds. The Morgan fingerprint density at radius 2 is 1.09 bits per heavy atom. The van der Waals surface area contributed by atoms with E-state index in [-0.39, 0.29) is 18.9 Å². The van der Waals surface area contributed by atoms with Gasteiger partial charge in [0.15, 0.2) is 0 Å². The molecule has 2 N–H and O–H groups in total. The Morgan fingerprint density at radius 3 is 1.55 bits per heavy atom. The third-order valence-electron chi connectivity index (χ3n) is 9.12. The highest BCUT2D eigenvalue weighted by Gasteiger charge is 2.23. The van der Waals surface area contributed by atoms with Crippen LogP contribution in [0.15, 0.2) is 85.1 Å². The number of aliphatic hydroxyl groups excluding tert-OH is 1. The predicted molar refractivity (Wildman–Crippen MR) is 237 cm³/mol. The van der Waals surface area contributed by atoms with Crippen molar-refractivity contribution in [3.05, 3.63) is 85.1 Å². The van der Waals surface area contributed by atoms with Crippen molar-refractivity contribution in [2.75, 3.05) is 40.9 Å². The molecule has 0 bridgehead atoms. The summed E-state index contributed by atoms with van der Waals surface area (Å²) in [7, 11) is 1.20. The largest absolute Gasteiger partial charge is 0.756 e. The highest BCUT2D eigenvalue weighted by molar-refractivity contribution is 7.45. The summed E-state index contributed by atoms with van der Waals surface area (Å²) in [6.45, 7) is 4.45. The first-order chi connectivity index (χ1) is 27.0. The average molecular weight is 803 g/mol. The highest BCUT2D eigenvalue weighted by atomic mass is 31.2. The SMILES string of the molecule is CC/C=C\C/C=C\C/C=C\C/C=C\C/C=C\C/C=C\CCC(=O)NC(COP(=O)([O-])OCC[N+](C)(C)C)C(O)/C=C/CCCCCCCCCCCCCCC. The Balaban J connectivity index is 4.60. The zero-order chi connectivity index (χ0) is 41.4. The number of carbonyl (C=O) groups excluding carboxylic acids is 1. The number of hydrogen-bond donors (Lipinski definition) is 2. The zero-order valence-electron chi connectivity index (χ0n) is 36.3. The van der Waals surface area contributed by atoms with Gasteiger partial charge >= 0.3 is 0 Å². The lowest BCUT2D eigenvalue weighted by atomic mass is 10.0. The molecule has 9 heteroatoms. The number of rotatable bonds is 38. The van der Waals surface area contributed by atoms with Crippen LogP contribution >= 0.6 is 7.82 Å². The van der Waals surface area contributed by atoms with E-state index < -0.39 is 26.6 Å². The van der Waals surface area contributed by atoms with Gasteiger partial charge in [-0.3, -0.25) is 9.36 Å². The van der Waals surface area contributed by atoms with Crippen molar-refractivity contribution in [3.63, 3.8) is 0 Å². The summed E-state index contributed by atoms with van der Waals surface area (Å²) in [6, 6.07) is -0.931. The molecule has 0 aliphatic heterocycles. The molecule has 0 aliphatic carbocycles. The Bertz CT molecular complexity index is 1180. The molecule has 0 fully saturated rings. The second-order valence-electron chi connectivity index (χ2n) is 15.7. The fraction of sp³-hybridized carbons (Fsp3) is 0.681. The number of hydrogen-bond acceptors (Lipinski definition) is 6. The summed E-state index contributed by atoms with van der Waals surface area (Å²) >= 11 is 0. The number of carbonyl (C=O) groups is 1. The molecule has 0 heterocycles. The van der Waals surface area contributed by atoms with Crippen LogP contribution in [-0.2, 0) is 18.4 Å². The number of aliphatic hydroxyl groups is 1. The maximum Gasteiger partial charge on any atom is 0.268 e. The molecule has 0 saturated carbocycles. The minimum atomic E-state index is -4.61. The normalized spacial score (nSPS) is 15.2. The summed E-state index contributed by atoms with van der Waals surface area (Å²) in [5, 5.41) is 13.7. The van der Waals surface area contributed by atoms with Crippen molar-refractivity contribution in [3.8, 4) is 0 Å². The number of unbranched alkanes of at least 4 members (excludes halogenated alkanes) is 13. The lowest BCUT2D eigenvalue weighted by molar-refractivity contribution is -0.870. The predicted octanol–water partition coefficient (Wildman–Crippen LogP) is 11.6. The molecule has 0 aliphatic rings. The molecule has 0 rings (SSSR count). The smallest absolute Gasteiger partial charge is 0.268 e. The maximum atomic E-state index is 12.8. The highest BCUT2D eigenvalue weighted by Crippen LogP contribution is 2.38. The number of nitrogens with one attached hydrogen (secondary N) is 1. The lowest BCUT2D eigenvalue weighted by Gasteiger charge is -2.29. The first-order valence-corrected chi connectivity index (χ1v) is 23.4. The van der Waals surface area contributed by atoms with E-state index in [0.717, 1.165) is 57.8 Å². The van der Waals surface area contributed by atoms with Crippen LogP contribution in [0.3, 0.4) is 0 Å². The van der Waals surface area contributed by atoms with Crippen LogP contribution in [0.4, 0.5) is 0 Å². The zero-order valence-corrected chi connectivity index (χ0v) is 37.2. The van der Waals surface area contributed by atoms with E-state index in [1.807, 2.05) is 39.4 Å². The molecule has 0 aromatic carbocycles. The molecule has 0 saturated heterocycles. The van der Waals surface area contributed by atoms with Crippen LogP contribution in [0, 0.1) is 0 Å². The Hall–Kier alpha value is -2.32. The molecule has 3 atom stereocenters. The minimum Gasteiger partial charge on any atom is -0.756 e. The third kappa shape index (κ3) is 39.9. The molecule has 56 heavy (non-hydrogen) atoms. The number of quaternary nitrogens is 1.